The number of rotatable bonds is 7. The molecule has 1 atom stereocenters. The molecule has 1 unspecified atom stereocenters. The third-order valence-corrected chi connectivity index (χ3v) is 6.23. The van der Waals surface area contributed by atoms with E-state index in [1.165, 1.54) is 12.8 Å². The van der Waals surface area contributed by atoms with Gasteiger partial charge in [0.2, 0.25) is 0 Å². The summed E-state index contributed by atoms with van der Waals surface area (Å²) in [6, 6.07) is 11.5. The molecule has 1 aliphatic carbocycles. The lowest BCUT2D eigenvalue weighted by atomic mass is 10.1. The second kappa shape index (κ2) is 8.61. The molecule has 5 rings (SSSR count). The molecule has 1 aromatic carbocycles. The van der Waals surface area contributed by atoms with Crippen molar-refractivity contribution in [2.75, 3.05) is 5.32 Å². The minimum Gasteiger partial charge on any atom is -0.321 e. The van der Waals surface area contributed by atoms with Crippen molar-refractivity contribution in [2.24, 2.45) is 5.92 Å². The number of nitrogens with one attached hydrogen (secondary N) is 1. The molecule has 8 nitrogen and oxygen atoms in total. The van der Waals surface area contributed by atoms with Crippen molar-refractivity contribution in [1.29, 1.82) is 0 Å². The Labute approximate surface area is 192 Å². The topological polar surface area (TPSA) is 90.5 Å². The summed E-state index contributed by atoms with van der Waals surface area (Å²) in [5.74, 6) is 1.53. The molecule has 1 saturated carbocycles. The highest BCUT2D eigenvalue weighted by molar-refractivity contribution is 6.03. The van der Waals surface area contributed by atoms with Gasteiger partial charge in [0.15, 0.2) is 5.82 Å². The van der Waals surface area contributed by atoms with Crippen LogP contribution in [-0.4, -0.2) is 35.2 Å². The number of pyridine rings is 1. The molecular formula is C25H27N7O. The summed E-state index contributed by atoms with van der Waals surface area (Å²) in [6.45, 7) is 6.49. The summed E-state index contributed by atoms with van der Waals surface area (Å²) in [6.07, 6.45) is 9.63. The molecule has 1 N–H and O–H groups in total. The molecule has 3 heterocycles. The van der Waals surface area contributed by atoms with E-state index in [4.69, 9.17) is 0 Å². The van der Waals surface area contributed by atoms with Crippen LogP contribution in [0.25, 0.3) is 17.1 Å². The van der Waals surface area contributed by atoms with Crippen molar-refractivity contribution < 1.29 is 4.79 Å². The van der Waals surface area contributed by atoms with Crippen LogP contribution in [0.1, 0.15) is 61.8 Å². The van der Waals surface area contributed by atoms with Crippen LogP contribution in [0.3, 0.4) is 0 Å². The van der Waals surface area contributed by atoms with Gasteiger partial charge in [-0.05, 0) is 49.9 Å². The van der Waals surface area contributed by atoms with Crippen molar-refractivity contribution in [1.82, 2.24) is 29.3 Å². The van der Waals surface area contributed by atoms with E-state index in [0.717, 1.165) is 22.8 Å². The first-order valence-corrected chi connectivity index (χ1v) is 11.3. The maximum absolute atomic E-state index is 13.0. The average Bonchev–Trinajstić information content (AvgIpc) is 3.34. The van der Waals surface area contributed by atoms with Gasteiger partial charge in [-0.2, -0.15) is 0 Å². The van der Waals surface area contributed by atoms with Gasteiger partial charge in [0.1, 0.15) is 12.0 Å². The second-order valence-corrected chi connectivity index (χ2v) is 8.96. The van der Waals surface area contributed by atoms with Crippen LogP contribution in [0.15, 0.2) is 61.4 Å². The maximum atomic E-state index is 13.0. The van der Waals surface area contributed by atoms with E-state index in [-0.39, 0.29) is 11.9 Å². The zero-order chi connectivity index (χ0) is 22.9. The Morgan fingerprint density at radius 2 is 1.94 bits per heavy atom. The summed E-state index contributed by atoms with van der Waals surface area (Å²) in [4.78, 5) is 21.7. The van der Waals surface area contributed by atoms with Crippen LogP contribution >= 0.6 is 0 Å². The number of amides is 1. The van der Waals surface area contributed by atoms with Crippen LogP contribution in [0.2, 0.25) is 0 Å². The lowest BCUT2D eigenvalue weighted by Gasteiger charge is -2.19. The molecule has 168 valence electrons. The molecule has 1 amide bonds. The highest BCUT2D eigenvalue weighted by Gasteiger charge is 2.26. The largest absolute Gasteiger partial charge is 0.321 e. The zero-order valence-corrected chi connectivity index (χ0v) is 19.0. The fourth-order valence-electron chi connectivity index (χ4n) is 3.77. The number of carbonyl (C=O) groups excluding carboxylic acids is 1. The van der Waals surface area contributed by atoms with Gasteiger partial charge in [-0.15, -0.1) is 10.2 Å². The van der Waals surface area contributed by atoms with Crippen LogP contribution in [0.5, 0.6) is 0 Å². The quantitative estimate of drug-likeness (QED) is 0.442. The normalized spacial score (nSPS) is 14.4. The Morgan fingerprint density at radius 1 is 1.09 bits per heavy atom. The Hall–Kier alpha value is -3.81. The first kappa shape index (κ1) is 21.1. The highest BCUT2D eigenvalue weighted by Crippen LogP contribution is 2.39. The molecule has 0 spiro atoms. The van der Waals surface area contributed by atoms with E-state index in [1.54, 1.807) is 24.9 Å². The summed E-state index contributed by atoms with van der Waals surface area (Å²) < 4.78 is 4.01. The molecule has 0 radical (unpaired) electrons. The number of carbonyl (C=O) groups is 1. The molecule has 0 saturated heterocycles. The average molecular weight is 442 g/mol. The molecule has 0 aliphatic heterocycles. The number of imidazole rings is 1. The van der Waals surface area contributed by atoms with E-state index >= 15 is 0 Å². The van der Waals surface area contributed by atoms with Gasteiger partial charge >= 0.3 is 0 Å². The molecule has 4 aromatic rings. The van der Waals surface area contributed by atoms with Crippen LogP contribution < -0.4 is 5.32 Å². The summed E-state index contributed by atoms with van der Waals surface area (Å²) in [7, 11) is 0. The Balaban J connectivity index is 1.35. The summed E-state index contributed by atoms with van der Waals surface area (Å²) in [5, 5.41) is 11.4. The van der Waals surface area contributed by atoms with Crippen molar-refractivity contribution in [3.63, 3.8) is 0 Å². The fraction of sp³-hybridized carbons (Fsp3) is 0.320. The van der Waals surface area contributed by atoms with Gasteiger partial charge in [0, 0.05) is 35.6 Å². The maximum Gasteiger partial charge on any atom is 0.274 e. The number of nitrogens with zero attached hydrogens (tertiary/aromatic N) is 6. The van der Waals surface area contributed by atoms with E-state index in [2.05, 4.69) is 50.8 Å². The zero-order valence-electron chi connectivity index (χ0n) is 19.0. The minimum atomic E-state index is -0.270. The van der Waals surface area contributed by atoms with Gasteiger partial charge in [-0.25, -0.2) is 4.98 Å². The van der Waals surface area contributed by atoms with Gasteiger partial charge < -0.3 is 14.5 Å². The van der Waals surface area contributed by atoms with Gasteiger partial charge in [-0.3, -0.25) is 9.78 Å². The third kappa shape index (κ3) is 4.41. The summed E-state index contributed by atoms with van der Waals surface area (Å²) in [5.41, 5.74) is 3.88. The van der Waals surface area contributed by atoms with Crippen molar-refractivity contribution >= 4 is 11.6 Å². The number of benzene rings is 1. The van der Waals surface area contributed by atoms with Crippen molar-refractivity contribution in [2.45, 2.75) is 45.6 Å². The minimum absolute atomic E-state index is 0.254. The predicted octanol–water partition coefficient (Wildman–Crippen LogP) is 4.87. The molecule has 3 aromatic heterocycles. The fourth-order valence-corrected chi connectivity index (χ4v) is 3.77. The SMILES string of the molecule is CC(C)C(C)n1cnnc1-c1cccc(NC(=O)c2cc(-n3cnc(C4CC4)c3)ccn2)c1. The van der Waals surface area contributed by atoms with Crippen LogP contribution in [0, 0.1) is 5.92 Å². The molecule has 8 heteroatoms. The van der Waals surface area contributed by atoms with E-state index in [9.17, 15) is 4.79 Å². The summed E-state index contributed by atoms with van der Waals surface area (Å²) >= 11 is 0. The van der Waals surface area contributed by atoms with Gasteiger partial charge in [0.25, 0.3) is 5.91 Å². The van der Waals surface area contributed by atoms with Crippen molar-refractivity contribution in [3.8, 4) is 17.1 Å². The smallest absolute Gasteiger partial charge is 0.274 e. The first-order valence-electron chi connectivity index (χ1n) is 11.3. The number of hydrogen-bond donors (Lipinski definition) is 1. The monoisotopic (exact) mass is 441 g/mol. The van der Waals surface area contributed by atoms with Gasteiger partial charge in [-0.1, -0.05) is 26.0 Å². The molecule has 1 aliphatic rings. The number of anilines is 1. The molecule has 1 fully saturated rings. The van der Waals surface area contributed by atoms with Crippen molar-refractivity contribution in [3.05, 3.63) is 72.8 Å². The first-order chi connectivity index (χ1) is 16.0. The number of aromatic nitrogens is 6. The molecule has 33 heavy (non-hydrogen) atoms. The Bertz CT molecular complexity index is 1290. The second-order valence-electron chi connectivity index (χ2n) is 8.96. The number of hydrogen-bond acceptors (Lipinski definition) is 5. The predicted molar refractivity (Wildman–Crippen MR) is 126 cm³/mol. The Kier molecular flexibility index (Phi) is 5.50. The lowest BCUT2D eigenvalue weighted by Crippen LogP contribution is -2.14. The third-order valence-electron chi connectivity index (χ3n) is 6.23. The molecule has 0 bridgehead atoms. The van der Waals surface area contributed by atoms with Gasteiger partial charge in [0.05, 0.1) is 17.7 Å². The standard InChI is InChI=1S/C25H27N7O/c1-16(2)17(3)32-15-28-30-24(32)19-5-4-6-20(11-19)29-25(33)22-12-21(9-10-26-22)31-13-23(27-14-31)18-7-8-18/h4-6,9-18H,7-8H2,1-3H3,(H,29,33). The highest BCUT2D eigenvalue weighted by atomic mass is 16.1. The van der Waals surface area contributed by atoms with Crippen LogP contribution in [-0.2, 0) is 0 Å². The van der Waals surface area contributed by atoms with E-state index < -0.39 is 0 Å². The lowest BCUT2D eigenvalue weighted by molar-refractivity contribution is 0.102. The molecular weight excluding hydrogens is 414 g/mol. The Morgan fingerprint density at radius 3 is 2.73 bits per heavy atom. The van der Waals surface area contributed by atoms with E-state index in [0.29, 0.717) is 23.2 Å². The van der Waals surface area contributed by atoms with E-state index in [1.807, 2.05) is 41.1 Å². The van der Waals surface area contributed by atoms with Crippen LogP contribution in [0.4, 0.5) is 5.69 Å².